The second kappa shape index (κ2) is 4.94. The van der Waals surface area contributed by atoms with E-state index < -0.39 is 5.41 Å². The lowest BCUT2D eigenvalue weighted by molar-refractivity contribution is -0.143. The van der Waals surface area contributed by atoms with Crippen molar-refractivity contribution >= 4 is 5.91 Å². The molecule has 4 heteroatoms. The Kier molecular flexibility index (Phi) is 3.73. The van der Waals surface area contributed by atoms with Gasteiger partial charge in [0.1, 0.15) is 0 Å². The predicted octanol–water partition coefficient (Wildman–Crippen LogP) is 0.999. The Hall–Kier alpha value is -0.610. The molecule has 0 bridgehead atoms. The minimum Gasteiger partial charge on any atom is -0.379 e. The SMILES string of the molecule is CCC1CCN(C(=O)C2(C)COCC2N)CC1. The van der Waals surface area contributed by atoms with Crippen LogP contribution in [0.4, 0.5) is 0 Å². The number of amides is 1. The molecule has 0 aromatic rings. The minimum atomic E-state index is -0.501. The van der Waals surface area contributed by atoms with E-state index in [1.54, 1.807) is 0 Å². The summed E-state index contributed by atoms with van der Waals surface area (Å²) in [7, 11) is 0. The van der Waals surface area contributed by atoms with Gasteiger partial charge in [-0.2, -0.15) is 0 Å². The van der Waals surface area contributed by atoms with Gasteiger partial charge >= 0.3 is 0 Å². The van der Waals surface area contributed by atoms with Gasteiger partial charge in [0.15, 0.2) is 0 Å². The molecule has 2 fully saturated rings. The number of rotatable bonds is 2. The van der Waals surface area contributed by atoms with Gasteiger partial charge in [-0.25, -0.2) is 0 Å². The summed E-state index contributed by atoms with van der Waals surface area (Å²) in [6.07, 6.45) is 3.49. The van der Waals surface area contributed by atoms with Gasteiger partial charge in [0, 0.05) is 19.1 Å². The summed E-state index contributed by atoms with van der Waals surface area (Å²) in [5, 5.41) is 0. The van der Waals surface area contributed by atoms with E-state index in [4.69, 9.17) is 10.5 Å². The van der Waals surface area contributed by atoms with Crippen molar-refractivity contribution in [3.63, 3.8) is 0 Å². The Morgan fingerprint density at radius 3 is 2.59 bits per heavy atom. The van der Waals surface area contributed by atoms with Gasteiger partial charge in [-0.05, 0) is 25.7 Å². The van der Waals surface area contributed by atoms with E-state index in [0.717, 1.165) is 31.8 Å². The topological polar surface area (TPSA) is 55.6 Å². The second-order valence-electron chi connectivity index (χ2n) is 5.68. The molecule has 2 aliphatic rings. The lowest BCUT2D eigenvalue weighted by Gasteiger charge is -2.37. The number of hydrogen-bond donors (Lipinski definition) is 1. The summed E-state index contributed by atoms with van der Waals surface area (Å²) in [5.41, 5.74) is 5.50. The first-order chi connectivity index (χ1) is 8.08. The normalized spacial score (nSPS) is 35.2. The highest BCUT2D eigenvalue weighted by Crippen LogP contribution is 2.31. The maximum atomic E-state index is 12.5. The minimum absolute atomic E-state index is 0.154. The van der Waals surface area contributed by atoms with E-state index in [0.29, 0.717) is 13.2 Å². The summed E-state index contributed by atoms with van der Waals surface area (Å²) >= 11 is 0. The zero-order chi connectivity index (χ0) is 12.5. The zero-order valence-corrected chi connectivity index (χ0v) is 10.9. The van der Waals surface area contributed by atoms with E-state index in [2.05, 4.69) is 6.92 Å². The maximum absolute atomic E-state index is 12.5. The van der Waals surface area contributed by atoms with Gasteiger partial charge in [-0.15, -0.1) is 0 Å². The van der Waals surface area contributed by atoms with E-state index >= 15 is 0 Å². The maximum Gasteiger partial charge on any atom is 0.232 e. The molecule has 98 valence electrons. The van der Waals surface area contributed by atoms with Crippen LogP contribution in [-0.2, 0) is 9.53 Å². The van der Waals surface area contributed by atoms with Crippen molar-refractivity contribution < 1.29 is 9.53 Å². The number of likely N-dealkylation sites (tertiary alicyclic amines) is 1. The van der Waals surface area contributed by atoms with Crippen LogP contribution in [0.5, 0.6) is 0 Å². The standard InChI is InChI=1S/C13H24N2O2/c1-3-10-4-6-15(7-5-10)12(16)13(2)9-17-8-11(13)14/h10-11H,3-9,14H2,1-2H3. The van der Waals surface area contributed by atoms with Crippen molar-refractivity contribution in [2.45, 2.75) is 39.2 Å². The van der Waals surface area contributed by atoms with Gasteiger partial charge < -0.3 is 15.4 Å². The number of ether oxygens (including phenoxy) is 1. The van der Waals surface area contributed by atoms with Crippen molar-refractivity contribution in [3.8, 4) is 0 Å². The molecule has 2 rings (SSSR count). The molecule has 0 radical (unpaired) electrons. The van der Waals surface area contributed by atoms with Crippen LogP contribution in [0.2, 0.25) is 0 Å². The van der Waals surface area contributed by atoms with Gasteiger partial charge in [0.25, 0.3) is 0 Å². The number of carbonyl (C=O) groups is 1. The fourth-order valence-corrected chi connectivity index (χ4v) is 2.81. The molecule has 0 saturated carbocycles. The first-order valence-electron chi connectivity index (χ1n) is 6.70. The monoisotopic (exact) mass is 240 g/mol. The molecule has 1 amide bonds. The van der Waals surface area contributed by atoms with Crippen LogP contribution in [-0.4, -0.2) is 43.2 Å². The number of nitrogens with two attached hydrogens (primary N) is 1. The van der Waals surface area contributed by atoms with Crippen molar-refractivity contribution in [2.24, 2.45) is 17.1 Å². The lowest BCUT2D eigenvalue weighted by atomic mass is 9.83. The van der Waals surface area contributed by atoms with Crippen molar-refractivity contribution in [1.82, 2.24) is 4.90 Å². The molecular weight excluding hydrogens is 216 g/mol. The molecule has 2 atom stereocenters. The van der Waals surface area contributed by atoms with Crippen LogP contribution < -0.4 is 5.73 Å². The predicted molar refractivity (Wildman–Crippen MR) is 66.5 cm³/mol. The average molecular weight is 240 g/mol. The fraction of sp³-hybridized carbons (Fsp3) is 0.923. The first kappa shape index (κ1) is 12.8. The average Bonchev–Trinajstić information content (AvgIpc) is 2.70. The Balaban J connectivity index is 1.97. The summed E-state index contributed by atoms with van der Waals surface area (Å²) in [5.74, 6) is 0.984. The smallest absolute Gasteiger partial charge is 0.232 e. The largest absolute Gasteiger partial charge is 0.379 e. The van der Waals surface area contributed by atoms with Gasteiger partial charge in [-0.3, -0.25) is 4.79 Å². The summed E-state index contributed by atoms with van der Waals surface area (Å²) in [4.78, 5) is 14.5. The lowest BCUT2D eigenvalue weighted by Crippen LogP contribution is -2.53. The number of carbonyl (C=O) groups excluding carboxylic acids is 1. The van der Waals surface area contributed by atoms with Gasteiger partial charge in [-0.1, -0.05) is 13.3 Å². The molecular formula is C13H24N2O2. The fourth-order valence-electron chi connectivity index (χ4n) is 2.81. The van der Waals surface area contributed by atoms with Crippen LogP contribution in [0.1, 0.15) is 33.1 Å². The quantitative estimate of drug-likeness (QED) is 0.783. The summed E-state index contributed by atoms with van der Waals surface area (Å²) in [6, 6.07) is -0.154. The third kappa shape index (κ3) is 2.33. The molecule has 2 unspecified atom stereocenters. The summed E-state index contributed by atoms with van der Waals surface area (Å²) < 4.78 is 5.35. The number of piperidine rings is 1. The van der Waals surface area contributed by atoms with Crippen LogP contribution in [0.15, 0.2) is 0 Å². The summed E-state index contributed by atoms with van der Waals surface area (Å²) in [6.45, 7) is 6.93. The Bertz CT molecular complexity index is 287. The van der Waals surface area contributed by atoms with Crippen LogP contribution in [0.25, 0.3) is 0 Å². The number of hydrogen-bond acceptors (Lipinski definition) is 3. The Morgan fingerprint density at radius 2 is 2.12 bits per heavy atom. The molecule has 4 nitrogen and oxygen atoms in total. The molecule has 17 heavy (non-hydrogen) atoms. The molecule has 0 spiro atoms. The Morgan fingerprint density at radius 1 is 1.47 bits per heavy atom. The third-order valence-corrected chi connectivity index (χ3v) is 4.49. The van der Waals surface area contributed by atoms with E-state index in [9.17, 15) is 4.79 Å². The van der Waals surface area contributed by atoms with Gasteiger partial charge in [0.2, 0.25) is 5.91 Å². The molecule has 0 aromatic carbocycles. The highest BCUT2D eigenvalue weighted by atomic mass is 16.5. The van der Waals surface area contributed by atoms with Crippen molar-refractivity contribution in [1.29, 1.82) is 0 Å². The van der Waals surface area contributed by atoms with Crippen molar-refractivity contribution in [3.05, 3.63) is 0 Å². The molecule has 0 aliphatic carbocycles. The molecule has 2 N–H and O–H groups in total. The highest BCUT2D eigenvalue weighted by Gasteiger charge is 2.46. The van der Waals surface area contributed by atoms with Crippen molar-refractivity contribution in [2.75, 3.05) is 26.3 Å². The van der Waals surface area contributed by atoms with Crippen LogP contribution in [0, 0.1) is 11.3 Å². The van der Waals surface area contributed by atoms with E-state index in [1.165, 1.54) is 6.42 Å². The molecule has 0 aromatic heterocycles. The Labute approximate surface area is 103 Å². The molecule has 2 saturated heterocycles. The highest BCUT2D eigenvalue weighted by molar-refractivity contribution is 5.83. The van der Waals surface area contributed by atoms with E-state index in [-0.39, 0.29) is 11.9 Å². The van der Waals surface area contributed by atoms with Crippen LogP contribution in [0.3, 0.4) is 0 Å². The molecule has 2 aliphatic heterocycles. The third-order valence-electron chi connectivity index (χ3n) is 4.49. The number of nitrogens with zero attached hydrogens (tertiary/aromatic N) is 1. The van der Waals surface area contributed by atoms with Gasteiger partial charge in [0.05, 0.1) is 18.6 Å². The first-order valence-corrected chi connectivity index (χ1v) is 6.70. The second-order valence-corrected chi connectivity index (χ2v) is 5.68. The molecule has 2 heterocycles. The van der Waals surface area contributed by atoms with Crippen LogP contribution >= 0.6 is 0 Å². The zero-order valence-electron chi connectivity index (χ0n) is 10.9. The van der Waals surface area contributed by atoms with E-state index in [1.807, 2.05) is 11.8 Å².